The molecule has 1 atom stereocenters. The monoisotopic (exact) mass is 349 g/mol. The van der Waals surface area contributed by atoms with E-state index in [1.807, 2.05) is 7.05 Å². The maximum atomic E-state index is 4.51. The minimum Gasteiger partial charge on any atom is -0.351 e. The van der Waals surface area contributed by atoms with Crippen LogP contribution in [0.2, 0.25) is 0 Å². The van der Waals surface area contributed by atoms with Crippen LogP contribution in [0, 0.1) is 19.8 Å². The van der Waals surface area contributed by atoms with Gasteiger partial charge in [0.2, 0.25) is 0 Å². The molecule has 3 heterocycles. The summed E-state index contributed by atoms with van der Waals surface area (Å²) in [6, 6.07) is 0. The summed E-state index contributed by atoms with van der Waals surface area (Å²) in [5.74, 6) is 1.83. The summed E-state index contributed by atoms with van der Waals surface area (Å²) in [5, 5.41) is 4.68. The lowest BCUT2D eigenvalue weighted by Crippen LogP contribution is -2.41. The van der Waals surface area contributed by atoms with E-state index in [9.17, 15) is 0 Å². The Hall–Kier alpha value is -1.14. The molecule has 0 aromatic carbocycles. The summed E-state index contributed by atoms with van der Waals surface area (Å²) in [6.07, 6.45) is 5.47. The number of aryl methyl sites for hydroxylation is 2. The van der Waals surface area contributed by atoms with Gasteiger partial charge >= 0.3 is 0 Å². The Kier molecular flexibility index (Phi) is 6.11. The minimum atomic E-state index is 0.786. The van der Waals surface area contributed by atoms with Gasteiger partial charge in [-0.1, -0.05) is 6.42 Å². The summed E-state index contributed by atoms with van der Waals surface area (Å²) < 4.78 is 0. The number of piperidine rings is 1. The van der Waals surface area contributed by atoms with Gasteiger partial charge in [-0.15, -0.1) is 11.3 Å². The van der Waals surface area contributed by atoms with Crippen LogP contribution in [0.5, 0.6) is 0 Å². The molecule has 6 heteroatoms. The van der Waals surface area contributed by atoms with Gasteiger partial charge in [0.1, 0.15) is 0 Å². The molecule has 2 aliphatic heterocycles. The predicted molar refractivity (Wildman–Crippen MR) is 102 cm³/mol. The van der Waals surface area contributed by atoms with Crippen LogP contribution in [0.25, 0.3) is 0 Å². The summed E-state index contributed by atoms with van der Waals surface area (Å²) >= 11 is 1.78. The van der Waals surface area contributed by atoms with Crippen LogP contribution in [0.1, 0.15) is 41.3 Å². The molecule has 1 N–H and O–H groups in total. The number of nitrogens with zero attached hydrogens (tertiary/aromatic N) is 4. The van der Waals surface area contributed by atoms with Crippen LogP contribution < -0.4 is 5.32 Å². The van der Waals surface area contributed by atoms with E-state index in [4.69, 9.17) is 0 Å². The van der Waals surface area contributed by atoms with E-state index >= 15 is 0 Å². The molecule has 2 saturated heterocycles. The highest BCUT2D eigenvalue weighted by molar-refractivity contribution is 7.11. The quantitative estimate of drug-likeness (QED) is 0.670. The second-order valence-electron chi connectivity index (χ2n) is 7.10. The van der Waals surface area contributed by atoms with Gasteiger partial charge in [0, 0.05) is 31.6 Å². The van der Waals surface area contributed by atoms with Crippen molar-refractivity contribution in [1.82, 2.24) is 20.1 Å². The second-order valence-corrected chi connectivity index (χ2v) is 8.39. The predicted octanol–water partition coefficient (Wildman–Crippen LogP) is 2.64. The third-order valence-electron chi connectivity index (χ3n) is 5.17. The fraction of sp³-hybridized carbons (Fsp3) is 0.778. The normalized spacial score (nSPS) is 23.0. The molecule has 134 valence electrons. The Balaban J connectivity index is 1.48. The van der Waals surface area contributed by atoms with Crippen LogP contribution in [-0.4, -0.2) is 60.5 Å². The number of rotatable bonds is 4. The average molecular weight is 350 g/mol. The first-order valence-electron chi connectivity index (χ1n) is 9.26. The van der Waals surface area contributed by atoms with Crippen molar-refractivity contribution in [2.45, 2.75) is 46.1 Å². The van der Waals surface area contributed by atoms with E-state index in [2.05, 4.69) is 38.9 Å². The SMILES string of the molecule is CN=C(NCc1sc(C)nc1C)N1CCC(CN2CCCCC2)C1. The molecule has 1 unspecified atom stereocenters. The standard InChI is InChI=1S/C18H31N5S/c1-14-17(24-15(2)21-14)11-20-18(19-3)23-10-7-16(13-23)12-22-8-5-4-6-9-22/h16H,4-13H2,1-3H3,(H,19,20). The van der Waals surface area contributed by atoms with Crippen LogP contribution in [0.4, 0.5) is 0 Å². The maximum Gasteiger partial charge on any atom is 0.193 e. The number of guanidine groups is 1. The van der Waals surface area contributed by atoms with Crippen molar-refractivity contribution in [3.63, 3.8) is 0 Å². The van der Waals surface area contributed by atoms with Crippen molar-refractivity contribution in [1.29, 1.82) is 0 Å². The number of hydrogen-bond acceptors (Lipinski definition) is 4. The zero-order valence-electron chi connectivity index (χ0n) is 15.3. The number of likely N-dealkylation sites (tertiary alicyclic amines) is 2. The first-order valence-corrected chi connectivity index (χ1v) is 10.1. The lowest BCUT2D eigenvalue weighted by atomic mass is 10.1. The molecule has 0 aliphatic carbocycles. The fourth-order valence-electron chi connectivity index (χ4n) is 3.91. The summed E-state index contributed by atoms with van der Waals surface area (Å²) in [7, 11) is 1.89. The Morgan fingerprint density at radius 2 is 2.04 bits per heavy atom. The molecule has 0 amide bonds. The molecule has 24 heavy (non-hydrogen) atoms. The fourth-order valence-corrected chi connectivity index (χ4v) is 4.79. The molecular weight excluding hydrogens is 318 g/mol. The van der Waals surface area contributed by atoms with Gasteiger partial charge in [-0.25, -0.2) is 4.98 Å². The smallest absolute Gasteiger partial charge is 0.193 e. The highest BCUT2D eigenvalue weighted by Crippen LogP contribution is 2.21. The molecule has 1 aromatic heterocycles. The molecular formula is C18H31N5S. The third kappa shape index (κ3) is 4.48. The molecule has 3 rings (SSSR count). The Morgan fingerprint density at radius 1 is 1.25 bits per heavy atom. The van der Waals surface area contributed by atoms with Gasteiger partial charge in [-0.2, -0.15) is 0 Å². The number of aliphatic imine (C=N–C) groups is 1. The van der Waals surface area contributed by atoms with Crippen molar-refractivity contribution in [2.75, 3.05) is 39.8 Å². The largest absolute Gasteiger partial charge is 0.351 e. The third-order valence-corrected chi connectivity index (χ3v) is 6.24. The maximum absolute atomic E-state index is 4.51. The van der Waals surface area contributed by atoms with E-state index in [1.54, 1.807) is 11.3 Å². The highest BCUT2D eigenvalue weighted by Gasteiger charge is 2.27. The van der Waals surface area contributed by atoms with Gasteiger partial charge < -0.3 is 15.1 Å². The molecule has 0 spiro atoms. The van der Waals surface area contributed by atoms with Crippen molar-refractivity contribution >= 4 is 17.3 Å². The topological polar surface area (TPSA) is 43.8 Å². The molecule has 1 aromatic rings. The zero-order valence-corrected chi connectivity index (χ0v) is 16.2. The van der Waals surface area contributed by atoms with E-state index in [1.165, 1.54) is 50.2 Å². The van der Waals surface area contributed by atoms with Crippen LogP contribution in [0.15, 0.2) is 4.99 Å². The van der Waals surface area contributed by atoms with E-state index in [-0.39, 0.29) is 0 Å². The highest BCUT2D eigenvalue weighted by atomic mass is 32.1. The van der Waals surface area contributed by atoms with Gasteiger partial charge in [-0.3, -0.25) is 4.99 Å². The Labute approximate surface area is 150 Å². The lowest BCUT2D eigenvalue weighted by molar-refractivity contribution is 0.198. The minimum absolute atomic E-state index is 0.786. The van der Waals surface area contributed by atoms with Gasteiger partial charge in [-0.05, 0) is 52.1 Å². The number of nitrogens with one attached hydrogen (secondary N) is 1. The van der Waals surface area contributed by atoms with Crippen molar-refractivity contribution in [3.8, 4) is 0 Å². The summed E-state index contributed by atoms with van der Waals surface area (Å²) in [6.45, 7) is 11.1. The van der Waals surface area contributed by atoms with E-state index < -0.39 is 0 Å². The molecule has 0 saturated carbocycles. The molecule has 0 bridgehead atoms. The van der Waals surface area contributed by atoms with Crippen LogP contribution in [-0.2, 0) is 6.54 Å². The first-order chi connectivity index (χ1) is 11.7. The van der Waals surface area contributed by atoms with Gasteiger partial charge in [0.15, 0.2) is 5.96 Å². The summed E-state index contributed by atoms with van der Waals surface area (Å²) in [5.41, 5.74) is 1.14. The average Bonchev–Trinajstić information content (AvgIpc) is 3.16. The second kappa shape index (κ2) is 8.30. The number of thiazole rings is 1. The van der Waals surface area contributed by atoms with Crippen molar-refractivity contribution in [3.05, 3.63) is 15.6 Å². The van der Waals surface area contributed by atoms with Gasteiger partial charge in [0.05, 0.1) is 17.2 Å². The van der Waals surface area contributed by atoms with Crippen LogP contribution >= 0.6 is 11.3 Å². The first kappa shape index (κ1) is 17.7. The van der Waals surface area contributed by atoms with Crippen LogP contribution in [0.3, 0.4) is 0 Å². The number of aromatic nitrogens is 1. The Bertz CT molecular complexity index is 562. The Morgan fingerprint density at radius 3 is 2.71 bits per heavy atom. The molecule has 2 fully saturated rings. The molecule has 5 nitrogen and oxygen atoms in total. The zero-order chi connectivity index (χ0) is 16.9. The van der Waals surface area contributed by atoms with Crippen molar-refractivity contribution in [2.24, 2.45) is 10.9 Å². The van der Waals surface area contributed by atoms with Gasteiger partial charge in [0.25, 0.3) is 0 Å². The number of hydrogen-bond donors (Lipinski definition) is 1. The molecule has 2 aliphatic rings. The van der Waals surface area contributed by atoms with Crippen molar-refractivity contribution < 1.29 is 0 Å². The molecule has 0 radical (unpaired) electrons. The van der Waals surface area contributed by atoms with E-state index in [0.29, 0.717) is 0 Å². The lowest BCUT2D eigenvalue weighted by Gasteiger charge is -2.29. The van der Waals surface area contributed by atoms with E-state index in [0.717, 1.165) is 42.2 Å². The summed E-state index contributed by atoms with van der Waals surface area (Å²) in [4.78, 5) is 15.4.